The molecule has 0 aliphatic rings. The van der Waals surface area contributed by atoms with Gasteiger partial charge in [-0.1, -0.05) is 19.6 Å². The molecular formula is C7H19NSi. The molecule has 0 rings (SSSR count). The number of hydrogen-bond acceptors (Lipinski definition) is 1. The monoisotopic (exact) mass is 145 g/mol. The Labute approximate surface area is 59.6 Å². The number of nitrogens with two attached hydrogens (primary N) is 1. The zero-order valence-corrected chi connectivity index (χ0v) is 8.28. The zero-order valence-electron chi connectivity index (χ0n) is 7.28. The predicted molar refractivity (Wildman–Crippen MR) is 46.4 cm³/mol. The average Bonchev–Trinajstić information content (AvgIpc) is 1.14. The summed E-state index contributed by atoms with van der Waals surface area (Å²) in [6, 6.07) is 1.21. The van der Waals surface area contributed by atoms with Crippen molar-refractivity contribution >= 4 is 8.07 Å². The third-order valence-electron chi connectivity index (χ3n) is 0.986. The zero-order chi connectivity index (χ0) is 7.71. The van der Waals surface area contributed by atoms with Crippen LogP contribution >= 0.6 is 0 Å². The summed E-state index contributed by atoms with van der Waals surface area (Å²) in [5, 5.41) is 0. The van der Waals surface area contributed by atoms with Crippen LogP contribution in [-0.4, -0.2) is 13.6 Å². The SMILES string of the molecule is CC(C)(N)C[Si](C)(C)C. The summed E-state index contributed by atoms with van der Waals surface area (Å²) in [6.07, 6.45) is 0. The van der Waals surface area contributed by atoms with Crippen molar-refractivity contribution in [3.05, 3.63) is 0 Å². The van der Waals surface area contributed by atoms with Gasteiger partial charge in [0, 0.05) is 13.6 Å². The van der Waals surface area contributed by atoms with Crippen LogP contribution in [0.1, 0.15) is 13.8 Å². The molecular weight excluding hydrogens is 126 g/mol. The highest BCUT2D eigenvalue weighted by Crippen LogP contribution is 2.16. The van der Waals surface area contributed by atoms with Gasteiger partial charge in [0.25, 0.3) is 0 Å². The van der Waals surface area contributed by atoms with Crippen molar-refractivity contribution in [1.29, 1.82) is 0 Å². The van der Waals surface area contributed by atoms with Gasteiger partial charge in [-0.15, -0.1) is 0 Å². The maximum absolute atomic E-state index is 5.86. The lowest BCUT2D eigenvalue weighted by Crippen LogP contribution is -2.40. The van der Waals surface area contributed by atoms with Crippen molar-refractivity contribution in [1.82, 2.24) is 0 Å². The molecule has 0 spiro atoms. The van der Waals surface area contributed by atoms with Gasteiger partial charge in [-0.3, -0.25) is 0 Å². The highest BCUT2D eigenvalue weighted by Gasteiger charge is 2.22. The van der Waals surface area contributed by atoms with Crippen LogP contribution in [0.4, 0.5) is 0 Å². The number of hydrogen-bond donors (Lipinski definition) is 1. The molecule has 2 heteroatoms. The van der Waals surface area contributed by atoms with Crippen LogP contribution in [0.5, 0.6) is 0 Å². The molecule has 0 aromatic carbocycles. The Morgan fingerprint density at radius 3 is 1.56 bits per heavy atom. The first-order valence-corrected chi connectivity index (χ1v) is 7.20. The van der Waals surface area contributed by atoms with Crippen LogP contribution in [0.2, 0.25) is 25.7 Å². The smallest absolute Gasteiger partial charge is 0.0460 e. The molecule has 9 heavy (non-hydrogen) atoms. The molecule has 0 radical (unpaired) electrons. The van der Waals surface area contributed by atoms with E-state index in [4.69, 9.17) is 5.73 Å². The van der Waals surface area contributed by atoms with E-state index in [1.54, 1.807) is 0 Å². The summed E-state index contributed by atoms with van der Waals surface area (Å²) in [6.45, 7) is 11.3. The quantitative estimate of drug-likeness (QED) is 0.591. The van der Waals surface area contributed by atoms with E-state index in [-0.39, 0.29) is 5.54 Å². The first-order chi connectivity index (χ1) is 3.71. The fraction of sp³-hybridized carbons (Fsp3) is 1.00. The van der Waals surface area contributed by atoms with E-state index in [0.29, 0.717) is 0 Å². The average molecular weight is 145 g/mol. The summed E-state index contributed by atoms with van der Waals surface area (Å²) < 4.78 is 0. The van der Waals surface area contributed by atoms with Crippen molar-refractivity contribution < 1.29 is 0 Å². The highest BCUT2D eigenvalue weighted by molar-refractivity contribution is 6.76. The van der Waals surface area contributed by atoms with Gasteiger partial charge in [0.15, 0.2) is 0 Å². The Hall–Kier alpha value is 0.177. The maximum Gasteiger partial charge on any atom is 0.0460 e. The normalized spacial score (nSPS) is 14.0. The van der Waals surface area contributed by atoms with Crippen LogP contribution in [0.15, 0.2) is 0 Å². The maximum atomic E-state index is 5.86. The van der Waals surface area contributed by atoms with E-state index >= 15 is 0 Å². The van der Waals surface area contributed by atoms with Crippen molar-refractivity contribution in [2.75, 3.05) is 0 Å². The molecule has 0 heterocycles. The van der Waals surface area contributed by atoms with Crippen LogP contribution in [0.25, 0.3) is 0 Å². The molecule has 0 saturated heterocycles. The van der Waals surface area contributed by atoms with Crippen molar-refractivity contribution in [2.45, 2.75) is 45.1 Å². The second-order valence-corrected chi connectivity index (χ2v) is 10.2. The standard InChI is InChI=1S/C7H19NSi/c1-7(2,8)6-9(3,4)5/h6,8H2,1-5H3. The van der Waals surface area contributed by atoms with E-state index in [1.807, 2.05) is 0 Å². The third-order valence-corrected chi connectivity index (χ3v) is 2.96. The molecule has 0 unspecified atom stereocenters. The van der Waals surface area contributed by atoms with Crippen LogP contribution in [0, 0.1) is 0 Å². The summed E-state index contributed by atoms with van der Waals surface area (Å²) >= 11 is 0. The molecule has 1 nitrogen and oxygen atoms in total. The summed E-state index contributed by atoms with van der Waals surface area (Å²) in [5.41, 5.74) is 5.90. The van der Waals surface area contributed by atoms with Crippen LogP contribution in [-0.2, 0) is 0 Å². The minimum absolute atomic E-state index is 0.0461. The Morgan fingerprint density at radius 2 is 1.56 bits per heavy atom. The molecule has 0 atom stereocenters. The van der Waals surface area contributed by atoms with Gasteiger partial charge in [0.1, 0.15) is 0 Å². The van der Waals surface area contributed by atoms with Gasteiger partial charge in [0.05, 0.1) is 0 Å². The molecule has 2 N–H and O–H groups in total. The van der Waals surface area contributed by atoms with Crippen molar-refractivity contribution in [3.8, 4) is 0 Å². The fourth-order valence-electron chi connectivity index (χ4n) is 1.37. The topological polar surface area (TPSA) is 26.0 Å². The molecule has 0 aliphatic heterocycles. The molecule has 0 bridgehead atoms. The van der Waals surface area contributed by atoms with E-state index < -0.39 is 8.07 Å². The van der Waals surface area contributed by atoms with Gasteiger partial charge in [0.2, 0.25) is 0 Å². The first kappa shape index (κ1) is 9.18. The lowest BCUT2D eigenvalue weighted by molar-refractivity contribution is 0.570. The third kappa shape index (κ3) is 8.18. The van der Waals surface area contributed by atoms with Crippen molar-refractivity contribution in [2.24, 2.45) is 5.73 Å². The van der Waals surface area contributed by atoms with E-state index in [9.17, 15) is 0 Å². The Balaban J connectivity index is 3.75. The molecule has 0 aromatic rings. The Morgan fingerprint density at radius 1 is 1.22 bits per heavy atom. The largest absolute Gasteiger partial charge is 0.326 e. The Bertz CT molecular complexity index is 74.1. The van der Waals surface area contributed by atoms with Gasteiger partial charge >= 0.3 is 0 Å². The molecule has 0 aliphatic carbocycles. The van der Waals surface area contributed by atoms with E-state index in [1.165, 1.54) is 6.04 Å². The van der Waals surface area contributed by atoms with Gasteiger partial charge in [-0.25, -0.2) is 0 Å². The van der Waals surface area contributed by atoms with Gasteiger partial charge < -0.3 is 5.73 Å². The summed E-state index contributed by atoms with van der Waals surface area (Å²) in [4.78, 5) is 0. The lowest BCUT2D eigenvalue weighted by atomic mass is 10.1. The molecule has 0 fully saturated rings. The summed E-state index contributed by atoms with van der Waals surface area (Å²) in [7, 11) is -0.918. The minimum atomic E-state index is -0.918. The molecule has 0 amide bonds. The fourth-order valence-corrected chi connectivity index (χ4v) is 4.10. The first-order valence-electron chi connectivity index (χ1n) is 3.50. The number of rotatable bonds is 2. The van der Waals surface area contributed by atoms with Gasteiger partial charge in [-0.2, -0.15) is 0 Å². The van der Waals surface area contributed by atoms with Crippen molar-refractivity contribution in [3.63, 3.8) is 0 Å². The Kier molecular flexibility index (Phi) is 2.47. The van der Waals surface area contributed by atoms with E-state index in [0.717, 1.165) is 0 Å². The highest BCUT2D eigenvalue weighted by atomic mass is 28.3. The molecule has 0 saturated carbocycles. The van der Waals surface area contributed by atoms with Gasteiger partial charge in [-0.05, 0) is 19.9 Å². The lowest BCUT2D eigenvalue weighted by Gasteiger charge is -2.26. The predicted octanol–water partition coefficient (Wildman–Crippen LogP) is 2.06. The molecule has 0 aromatic heterocycles. The van der Waals surface area contributed by atoms with Crippen LogP contribution in [0.3, 0.4) is 0 Å². The molecule has 56 valence electrons. The van der Waals surface area contributed by atoms with E-state index in [2.05, 4.69) is 33.5 Å². The van der Waals surface area contributed by atoms with Crippen LogP contribution < -0.4 is 5.73 Å². The summed E-state index contributed by atoms with van der Waals surface area (Å²) in [5.74, 6) is 0. The minimum Gasteiger partial charge on any atom is -0.326 e. The second kappa shape index (κ2) is 2.43. The second-order valence-electron chi connectivity index (χ2n) is 4.73.